The summed E-state index contributed by atoms with van der Waals surface area (Å²) in [7, 11) is 0. The van der Waals surface area contributed by atoms with Crippen molar-refractivity contribution < 1.29 is 9.59 Å². The first-order valence-electron chi connectivity index (χ1n) is 7.00. The summed E-state index contributed by atoms with van der Waals surface area (Å²) >= 11 is 1.56. The molecule has 1 unspecified atom stereocenters. The van der Waals surface area contributed by atoms with E-state index in [4.69, 9.17) is 0 Å². The molecule has 4 nitrogen and oxygen atoms in total. The fourth-order valence-corrected chi connectivity index (χ4v) is 3.83. The van der Waals surface area contributed by atoms with Gasteiger partial charge in [0.25, 0.3) is 0 Å². The number of thiazole rings is 1. The summed E-state index contributed by atoms with van der Waals surface area (Å²) in [5.41, 5.74) is 0.445. The summed E-state index contributed by atoms with van der Waals surface area (Å²) in [6, 6.07) is 0. The molecule has 1 aromatic rings. The molecule has 5 heteroatoms. The predicted molar refractivity (Wildman–Crippen MR) is 79.3 cm³/mol. The molecule has 20 heavy (non-hydrogen) atoms. The van der Waals surface area contributed by atoms with E-state index < -0.39 is 5.41 Å². The van der Waals surface area contributed by atoms with E-state index in [-0.39, 0.29) is 11.8 Å². The number of aromatic nitrogens is 1. The molecular formula is C15H22N2O2S. The van der Waals surface area contributed by atoms with Crippen molar-refractivity contribution in [3.63, 3.8) is 0 Å². The van der Waals surface area contributed by atoms with Crippen LogP contribution in [0.1, 0.15) is 49.2 Å². The van der Waals surface area contributed by atoms with Gasteiger partial charge in [0, 0.05) is 11.3 Å². The number of hydrogen-bond acceptors (Lipinski definition) is 4. The molecule has 2 heterocycles. The zero-order valence-electron chi connectivity index (χ0n) is 12.8. The summed E-state index contributed by atoms with van der Waals surface area (Å²) in [5, 5.41) is 0.843. The lowest BCUT2D eigenvalue weighted by molar-refractivity contribution is -0.142. The molecule has 1 saturated heterocycles. The highest BCUT2D eigenvalue weighted by Crippen LogP contribution is 2.39. The molecule has 1 atom stereocenters. The number of nitrogens with zero attached hydrogens (tertiary/aromatic N) is 2. The normalized spacial score (nSPS) is 23.2. The first-order valence-corrected chi connectivity index (χ1v) is 7.82. The molecule has 0 radical (unpaired) electrons. The van der Waals surface area contributed by atoms with E-state index in [0.717, 1.165) is 22.0 Å². The second-order valence-corrected chi connectivity index (χ2v) is 7.66. The van der Waals surface area contributed by atoms with Crippen molar-refractivity contribution in [3.05, 3.63) is 15.6 Å². The molecule has 2 amide bonds. The third-order valence-electron chi connectivity index (χ3n) is 3.83. The number of carbonyl (C=O) groups is 2. The number of hydrogen-bond donors (Lipinski definition) is 0. The van der Waals surface area contributed by atoms with Crippen LogP contribution < -0.4 is 0 Å². The van der Waals surface area contributed by atoms with Gasteiger partial charge in [-0.25, -0.2) is 4.98 Å². The van der Waals surface area contributed by atoms with Crippen molar-refractivity contribution in [2.45, 2.75) is 54.0 Å². The Bertz CT molecular complexity index is 531. The quantitative estimate of drug-likeness (QED) is 0.802. The third kappa shape index (κ3) is 2.77. The first-order chi connectivity index (χ1) is 9.23. The van der Waals surface area contributed by atoms with E-state index in [1.54, 1.807) is 11.3 Å². The topological polar surface area (TPSA) is 50.3 Å². The van der Waals surface area contributed by atoms with Crippen molar-refractivity contribution in [1.29, 1.82) is 0 Å². The van der Waals surface area contributed by atoms with Crippen LogP contribution in [0.2, 0.25) is 0 Å². The average Bonchev–Trinajstić information content (AvgIpc) is 2.71. The molecule has 2 rings (SSSR count). The van der Waals surface area contributed by atoms with Crippen LogP contribution in [0.5, 0.6) is 0 Å². The summed E-state index contributed by atoms with van der Waals surface area (Å²) in [4.78, 5) is 31.7. The lowest BCUT2D eigenvalue weighted by atomic mass is 9.80. The molecule has 1 aliphatic rings. The number of amides is 2. The summed E-state index contributed by atoms with van der Waals surface area (Å²) < 4.78 is 0. The van der Waals surface area contributed by atoms with E-state index in [0.29, 0.717) is 18.9 Å². The molecular weight excluding hydrogens is 272 g/mol. The van der Waals surface area contributed by atoms with Gasteiger partial charge < -0.3 is 0 Å². The van der Waals surface area contributed by atoms with Crippen LogP contribution in [0.4, 0.5) is 0 Å². The van der Waals surface area contributed by atoms with Crippen LogP contribution in [0.25, 0.3) is 0 Å². The lowest BCUT2D eigenvalue weighted by Crippen LogP contribution is -2.34. The molecule has 1 fully saturated rings. The Morgan fingerprint density at radius 1 is 1.35 bits per heavy atom. The monoisotopic (exact) mass is 294 g/mol. The molecule has 110 valence electrons. The van der Waals surface area contributed by atoms with Crippen LogP contribution in [0, 0.1) is 25.2 Å². The highest BCUT2D eigenvalue weighted by Gasteiger charge is 2.48. The maximum atomic E-state index is 12.6. The number of imide groups is 1. The van der Waals surface area contributed by atoms with Gasteiger partial charge in [-0.1, -0.05) is 20.8 Å². The van der Waals surface area contributed by atoms with Crippen molar-refractivity contribution in [2.75, 3.05) is 0 Å². The van der Waals surface area contributed by atoms with E-state index in [1.807, 2.05) is 20.8 Å². The molecule has 1 aromatic heterocycles. The fraction of sp³-hybridized carbons (Fsp3) is 0.667. The largest absolute Gasteiger partial charge is 0.275 e. The van der Waals surface area contributed by atoms with Crippen LogP contribution in [0.15, 0.2) is 0 Å². The van der Waals surface area contributed by atoms with Crippen LogP contribution >= 0.6 is 11.3 Å². The molecule has 1 aliphatic heterocycles. The molecule has 0 saturated carbocycles. The van der Waals surface area contributed by atoms with Gasteiger partial charge in [-0.15, -0.1) is 11.3 Å². The smallest absolute Gasteiger partial charge is 0.236 e. The van der Waals surface area contributed by atoms with E-state index in [1.165, 1.54) is 4.90 Å². The highest BCUT2D eigenvalue weighted by molar-refractivity contribution is 7.11. The Kier molecular flexibility index (Phi) is 4.00. The van der Waals surface area contributed by atoms with Gasteiger partial charge in [0.1, 0.15) is 5.01 Å². The minimum absolute atomic E-state index is 0.0401. The summed E-state index contributed by atoms with van der Waals surface area (Å²) in [6.45, 7) is 10.4. The number of likely N-dealkylation sites (tertiary alicyclic amines) is 1. The number of rotatable bonds is 4. The Labute approximate surface area is 124 Å². The Morgan fingerprint density at radius 2 is 2.00 bits per heavy atom. The van der Waals surface area contributed by atoms with Gasteiger partial charge in [0.2, 0.25) is 11.8 Å². The van der Waals surface area contributed by atoms with Crippen molar-refractivity contribution in [3.8, 4) is 0 Å². The van der Waals surface area contributed by atoms with Crippen LogP contribution in [-0.2, 0) is 16.1 Å². The Morgan fingerprint density at radius 3 is 2.50 bits per heavy atom. The van der Waals surface area contributed by atoms with Gasteiger partial charge >= 0.3 is 0 Å². The van der Waals surface area contributed by atoms with Gasteiger partial charge in [0.15, 0.2) is 0 Å². The summed E-state index contributed by atoms with van der Waals surface area (Å²) in [6.07, 6.45) is 1.08. The van der Waals surface area contributed by atoms with E-state index in [2.05, 4.69) is 18.8 Å². The van der Waals surface area contributed by atoms with Gasteiger partial charge in [-0.05, 0) is 26.2 Å². The molecule has 0 N–H and O–H groups in total. The van der Waals surface area contributed by atoms with Crippen LogP contribution in [-0.4, -0.2) is 21.7 Å². The van der Waals surface area contributed by atoms with Gasteiger partial charge in [-0.2, -0.15) is 0 Å². The third-order valence-corrected chi connectivity index (χ3v) is 4.89. The first kappa shape index (κ1) is 15.2. The van der Waals surface area contributed by atoms with Crippen LogP contribution in [0.3, 0.4) is 0 Å². The molecule has 0 aliphatic carbocycles. The Hall–Kier alpha value is -1.23. The molecule has 0 aromatic carbocycles. The minimum atomic E-state index is -0.535. The maximum Gasteiger partial charge on any atom is 0.236 e. The maximum absolute atomic E-state index is 12.6. The standard InChI is InChI=1S/C15H22N2O2S/c1-9(2)6-15(5)7-13(18)17(14(15)19)8-12-16-10(3)11(4)20-12/h9H,6-8H2,1-5H3. The fourth-order valence-electron chi connectivity index (χ4n) is 2.91. The zero-order chi connectivity index (χ0) is 15.1. The minimum Gasteiger partial charge on any atom is -0.275 e. The van der Waals surface area contributed by atoms with Crippen molar-refractivity contribution in [2.24, 2.45) is 11.3 Å². The molecule has 0 bridgehead atoms. The second kappa shape index (κ2) is 5.28. The van der Waals surface area contributed by atoms with E-state index >= 15 is 0 Å². The lowest BCUT2D eigenvalue weighted by Gasteiger charge is -2.23. The second-order valence-electron chi connectivity index (χ2n) is 6.37. The van der Waals surface area contributed by atoms with Gasteiger partial charge in [0.05, 0.1) is 17.7 Å². The number of carbonyl (C=O) groups excluding carboxylic acids is 2. The average molecular weight is 294 g/mol. The Balaban J connectivity index is 2.17. The predicted octanol–water partition coefficient (Wildman–Crippen LogP) is 3.07. The SMILES string of the molecule is Cc1nc(CN2C(=O)CC(C)(CC(C)C)C2=O)sc1C. The summed E-state index contributed by atoms with van der Waals surface area (Å²) in [5.74, 6) is 0.298. The molecule has 0 spiro atoms. The van der Waals surface area contributed by atoms with E-state index in [9.17, 15) is 9.59 Å². The number of aryl methyl sites for hydroxylation is 2. The van der Waals surface area contributed by atoms with Crippen molar-refractivity contribution >= 4 is 23.2 Å². The highest BCUT2D eigenvalue weighted by atomic mass is 32.1. The van der Waals surface area contributed by atoms with Crippen molar-refractivity contribution in [1.82, 2.24) is 9.88 Å². The zero-order valence-corrected chi connectivity index (χ0v) is 13.6. The van der Waals surface area contributed by atoms with Gasteiger partial charge in [-0.3, -0.25) is 14.5 Å².